The molecule has 100 valence electrons. The van der Waals surface area contributed by atoms with Crippen LogP contribution in [0.4, 0.5) is 11.8 Å². The lowest BCUT2D eigenvalue weighted by atomic mass is 10.3. The molecule has 0 atom stereocenters. The highest BCUT2D eigenvalue weighted by Gasteiger charge is 2.18. The van der Waals surface area contributed by atoms with E-state index in [1.807, 2.05) is 20.8 Å². The molecule has 6 nitrogen and oxygen atoms in total. The molecular formula is C11H18ClN5O. The van der Waals surface area contributed by atoms with Crippen molar-refractivity contribution < 1.29 is 4.79 Å². The molecule has 0 saturated carbocycles. The Morgan fingerprint density at radius 1 is 1.61 bits per heavy atom. The van der Waals surface area contributed by atoms with Gasteiger partial charge in [-0.3, -0.25) is 4.79 Å². The molecular weight excluding hydrogens is 254 g/mol. The molecule has 0 bridgehead atoms. The summed E-state index contributed by atoms with van der Waals surface area (Å²) in [5.74, 6) is 0.562. The average molecular weight is 272 g/mol. The van der Waals surface area contributed by atoms with Crippen LogP contribution in [0.2, 0.25) is 5.02 Å². The Kier molecular flexibility index (Phi) is 5.15. The van der Waals surface area contributed by atoms with E-state index in [2.05, 4.69) is 15.3 Å². The van der Waals surface area contributed by atoms with Crippen molar-refractivity contribution in [2.24, 2.45) is 5.73 Å². The second-order valence-electron chi connectivity index (χ2n) is 4.08. The normalized spacial score (nSPS) is 10.5. The molecule has 0 aliphatic carbocycles. The van der Waals surface area contributed by atoms with Gasteiger partial charge in [-0.2, -0.15) is 4.98 Å². The number of nitrogens with one attached hydrogen (secondary N) is 1. The monoisotopic (exact) mass is 271 g/mol. The number of rotatable bonds is 6. The summed E-state index contributed by atoms with van der Waals surface area (Å²) in [4.78, 5) is 21.2. The van der Waals surface area contributed by atoms with E-state index in [0.29, 0.717) is 23.3 Å². The van der Waals surface area contributed by atoms with Crippen molar-refractivity contribution in [2.75, 3.05) is 23.3 Å². The van der Waals surface area contributed by atoms with Gasteiger partial charge in [0.05, 0.1) is 12.7 Å². The van der Waals surface area contributed by atoms with E-state index in [4.69, 9.17) is 17.3 Å². The highest BCUT2D eigenvalue weighted by Crippen LogP contribution is 2.25. The Balaban J connectivity index is 3.09. The SMILES string of the molecule is CCNc1ncc(Cl)c(N(CC(N)=O)C(C)C)n1. The van der Waals surface area contributed by atoms with Crippen molar-refractivity contribution in [3.63, 3.8) is 0 Å². The molecule has 0 unspecified atom stereocenters. The van der Waals surface area contributed by atoms with Gasteiger partial charge in [0, 0.05) is 12.6 Å². The lowest BCUT2D eigenvalue weighted by Gasteiger charge is -2.27. The minimum absolute atomic E-state index is 0.0550. The van der Waals surface area contributed by atoms with Crippen LogP contribution in [0.15, 0.2) is 6.20 Å². The summed E-state index contributed by atoms with van der Waals surface area (Å²) in [5, 5.41) is 3.39. The summed E-state index contributed by atoms with van der Waals surface area (Å²) in [6.45, 7) is 6.60. The maximum absolute atomic E-state index is 11.1. The molecule has 3 N–H and O–H groups in total. The fourth-order valence-corrected chi connectivity index (χ4v) is 1.67. The number of aromatic nitrogens is 2. The molecule has 0 aliphatic rings. The largest absolute Gasteiger partial charge is 0.368 e. The zero-order valence-corrected chi connectivity index (χ0v) is 11.5. The van der Waals surface area contributed by atoms with Gasteiger partial charge in [-0.05, 0) is 20.8 Å². The maximum Gasteiger partial charge on any atom is 0.237 e. The van der Waals surface area contributed by atoms with E-state index in [9.17, 15) is 4.79 Å². The van der Waals surface area contributed by atoms with Crippen LogP contribution in [0.1, 0.15) is 20.8 Å². The molecule has 0 radical (unpaired) electrons. The van der Waals surface area contributed by atoms with Crippen molar-refractivity contribution >= 4 is 29.3 Å². The van der Waals surface area contributed by atoms with Crippen molar-refractivity contribution in [1.29, 1.82) is 0 Å². The zero-order chi connectivity index (χ0) is 13.7. The fourth-order valence-electron chi connectivity index (χ4n) is 1.47. The molecule has 1 heterocycles. The van der Waals surface area contributed by atoms with Gasteiger partial charge >= 0.3 is 0 Å². The quantitative estimate of drug-likeness (QED) is 0.814. The lowest BCUT2D eigenvalue weighted by Crippen LogP contribution is -2.39. The number of hydrogen-bond acceptors (Lipinski definition) is 5. The summed E-state index contributed by atoms with van der Waals surface area (Å²) in [5.41, 5.74) is 5.23. The molecule has 0 saturated heterocycles. The third-order valence-corrected chi connectivity index (χ3v) is 2.55. The Morgan fingerprint density at radius 3 is 2.78 bits per heavy atom. The molecule has 0 aliphatic heterocycles. The second-order valence-corrected chi connectivity index (χ2v) is 4.49. The van der Waals surface area contributed by atoms with Crippen LogP contribution in [0, 0.1) is 0 Å². The first-order valence-corrected chi connectivity index (χ1v) is 6.14. The molecule has 1 aromatic rings. The fraction of sp³-hybridized carbons (Fsp3) is 0.545. The number of nitrogens with two attached hydrogens (primary N) is 1. The third kappa shape index (κ3) is 3.73. The Bertz CT molecular complexity index is 424. The van der Waals surface area contributed by atoms with E-state index in [0.717, 1.165) is 0 Å². The smallest absolute Gasteiger partial charge is 0.237 e. The summed E-state index contributed by atoms with van der Waals surface area (Å²) < 4.78 is 0. The summed E-state index contributed by atoms with van der Waals surface area (Å²) in [6, 6.07) is 0.0550. The van der Waals surface area contributed by atoms with Gasteiger partial charge in [-0.15, -0.1) is 0 Å². The third-order valence-electron chi connectivity index (χ3n) is 2.28. The van der Waals surface area contributed by atoms with Crippen LogP contribution in [0.3, 0.4) is 0 Å². The molecule has 7 heteroatoms. The molecule has 0 fully saturated rings. The number of halogens is 1. The Hall–Kier alpha value is -1.56. The van der Waals surface area contributed by atoms with Gasteiger partial charge in [0.1, 0.15) is 5.02 Å². The first kappa shape index (κ1) is 14.5. The second kappa shape index (κ2) is 6.39. The molecule has 1 amide bonds. The maximum atomic E-state index is 11.1. The minimum atomic E-state index is -0.427. The molecule has 1 aromatic heterocycles. The van der Waals surface area contributed by atoms with Gasteiger partial charge in [-0.1, -0.05) is 11.6 Å². The summed E-state index contributed by atoms with van der Waals surface area (Å²) >= 11 is 6.07. The summed E-state index contributed by atoms with van der Waals surface area (Å²) in [6.07, 6.45) is 1.51. The Morgan fingerprint density at radius 2 is 2.28 bits per heavy atom. The van der Waals surface area contributed by atoms with Gasteiger partial charge in [0.2, 0.25) is 11.9 Å². The summed E-state index contributed by atoms with van der Waals surface area (Å²) in [7, 11) is 0. The van der Waals surface area contributed by atoms with E-state index in [1.54, 1.807) is 4.90 Å². The number of nitrogens with zero attached hydrogens (tertiary/aromatic N) is 3. The van der Waals surface area contributed by atoms with Crippen LogP contribution >= 0.6 is 11.6 Å². The number of amides is 1. The molecule has 1 rings (SSSR count). The van der Waals surface area contributed by atoms with E-state index in [-0.39, 0.29) is 12.6 Å². The number of hydrogen-bond donors (Lipinski definition) is 2. The average Bonchev–Trinajstić information content (AvgIpc) is 2.28. The lowest BCUT2D eigenvalue weighted by molar-refractivity contribution is -0.116. The predicted molar refractivity (Wildman–Crippen MR) is 72.9 cm³/mol. The highest BCUT2D eigenvalue weighted by atomic mass is 35.5. The number of primary amides is 1. The van der Waals surface area contributed by atoms with Gasteiger partial charge < -0.3 is 16.0 Å². The van der Waals surface area contributed by atoms with Gasteiger partial charge in [-0.25, -0.2) is 4.98 Å². The standard InChI is InChI=1S/C11H18ClN5O/c1-4-14-11-15-5-8(12)10(16-11)17(7(2)3)6-9(13)18/h5,7H,4,6H2,1-3H3,(H2,13,18)(H,14,15,16). The van der Waals surface area contributed by atoms with Crippen molar-refractivity contribution in [1.82, 2.24) is 9.97 Å². The van der Waals surface area contributed by atoms with Crippen molar-refractivity contribution in [2.45, 2.75) is 26.8 Å². The zero-order valence-electron chi connectivity index (χ0n) is 10.8. The molecule has 0 aromatic carbocycles. The van der Waals surface area contributed by atoms with E-state index >= 15 is 0 Å². The minimum Gasteiger partial charge on any atom is -0.368 e. The van der Waals surface area contributed by atoms with Crippen LogP contribution in [-0.4, -0.2) is 35.0 Å². The van der Waals surface area contributed by atoms with Crippen LogP contribution in [0.5, 0.6) is 0 Å². The molecule has 0 spiro atoms. The number of carbonyl (C=O) groups is 1. The first-order chi connectivity index (χ1) is 8.45. The Labute approximate surface area is 112 Å². The number of carbonyl (C=O) groups excluding carboxylic acids is 1. The highest BCUT2D eigenvalue weighted by molar-refractivity contribution is 6.32. The van der Waals surface area contributed by atoms with Crippen LogP contribution in [0.25, 0.3) is 0 Å². The van der Waals surface area contributed by atoms with Crippen molar-refractivity contribution in [3.8, 4) is 0 Å². The predicted octanol–water partition coefficient (Wildman–Crippen LogP) is 1.26. The van der Waals surface area contributed by atoms with Gasteiger partial charge in [0.15, 0.2) is 5.82 Å². The first-order valence-electron chi connectivity index (χ1n) is 5.77. The number of anilines is 2. The van der Waals surface area contributed by atoms with E-state index in [1.165, 1.54) is 6.20 Å². The molecule has 18 heavy (non-hydrogen) atoms. The van der Waals surface area contributed by atoms with Crippen LogP contribution < -0.4 is 16.0 Å². The van der Waals surface area contributed by atoms with Gasteiger partial charge in [0.25, 0.3) is 0 Å². The van der Waals surface area contributed by atoms with Crippen LogP contribution in [-0.2, 0) is 4.79 Å². The van der Waals surface area contributed by atoms with Crippen molar-refractivity contribution in [3.05, 3.63) is 11.2 Å². The topological polar surface area (TPSA) is 84.1 Å². The van der Waals surface area contributed by atoms with E-state index < -0.39 is 5.91 Å².